The number of pyridine rings is 1. The minimum Gasteiger partial charge on any atom is -0.495 e. The van der Waals surface area contributed by atoms with Crippen LogP contribution in [-0.2, 0) is 4.79 Å². The van der Waals surface area contributed by atoms with Gasteiger partial charge >= 0.3 is 0 Å². The SMILES string of the molecule is COc1ccc(N2C(=S)N[C@H](c3ccccn3)[C@@H]2c2ccc(-c3ccc([N+](=O)[O-])cc3)o2)cc1NC(C)=O. The van der Waals surface area contributed by atoms with Crippen molar-refractivity contribution >= 4 is 40.3 Å². The third-order valence-electron chi connectivity index (χ3n) is 6.15. The summed E-state index contributed by atoms with van der Waals surface area (Å²) in [4.78, 5) is 28.9. The number of nitrogens with one attached hydrogen (secondary N) is 2. The molecule has 1 fully saturated rings. The molecule has 1 aliphatic heterocycles. The zero-order valence-electron chi connectivity index (χ0n) is 20.5. The van der Waals surface area contributed by atoms with E-state index in [1.165, 1.54) is 26.2 Å². The van der Waals surface area contributed by atoms with E-state index in [4.69, 9.17) is 21.4 Å². The van der Waals surface area contributed by atoms with E-state index < -0.39 is 11.0 Å². The van der Waals surface area contributed by atoms with Crippen LogP contribution in [0, 0.1) is 10.1 Å². The minimum absolute atomic E-state index is 0.00161. The number of nitro benzene ring substituents is 1. The normalized spacial score (nSPS) is 16.7. The molecule has 0 aliphatic carbocycles. The Kier molecular flexibility index (Phi) is 6.75. The van der Waals surface area contributed by atoms with E-state index in [2.05, 4.69) is 15.6 Å². The predicted octanol–water partition coefficient (Wildman–Crippen LogP) is 5.39. The first-order valence-electron chi connectivity index (χ1n) is 11.7. The van der Waals surface area contributed by atoms with Crippen molar-refractivity contribution < 1.29 is 18.9 Å². The van der Waals surface area contributed by atoms with Gasteiger partial charge in [0.05, 0.1) is 29.5 Å². The summed E-state index contributed by atoms with van der Waals surface area (Å²) in [5.41, 5.74) is 2.69. The van der Waals surface area contributed by atoms with Crippen LogP contribution in [0.15, 0.2) is 83.4 Å². The molecule has 0 radical (unpaired) electrons. The zero-order chi connectivity index (χ0) is 26.8. The number of ether oxygens (including phenoxy) is 1. The smallest absolute Gasteiger partial charge is 0.269 e. The second-order valence-corrected chi connectivity index (χ2v) is 8.96. The number of anilines is 2. The van der Waals surface area contributed by atoms with Gasteiger partial charge in [-0.15, -0.1) is 0 Å². The van der Waals surface area contributed by atoms with Gasteiger partial charge in [0.2, 0.25) is 5.91 Å². The van der Waals surface area contributed by atoms with E-state index in [0.29, 0.717) is 39.3 Å². The lowest BCUT2D eigenvalue weighted by molar-refractivity contribution is -0.384. The van der Waals surface area contributed by atoms with Crippen LogP contribution in [0.25, 0.3) is 11.3 Å². The second-order valence-electron chi connectivity index (χ2n) is 8.57. The van der Waals surface area contributed by atoms with Gasteiger partial charge in [0.25, 0.3) is 5.69 Å². The fraction of sp³-hybridized carbons (Fsp3) is 0.148. The first kappa shape index (κ1) is 24.9. The predicted molar refractivity (Wildman–Crippen MR) is 146 cm³/mol. The van der Waals surface area contributed by atoms with Gasteiger partial charge in [-0.3, -0.25) is 19.9 Å². The molecular formula is C27H23N5O5S. The van der Waals surface area contributed by atoms with Gasteiger partial charge in [-0.25, -0.2) is 0 Å². The summed E-state index contributed by atoms with van der Waals surface area (Å²) >= 11 is 5.77. The summed E-state index contributed by atoms with van der Waals surface area (Å²) in [7, 11) is 1.53. The van der Waals surface area contributed by atoms with Crippen LogP contribution < -0.4 is 20.3 Å². The van der Waals surface area contributed by atoms with Gasteiger partial charge in [0, 0.05) is 36.5 Å². The van der Waals surface area contributed by atoms with Crippen LogP contribution in [0.5, 0.6) is 5.75 Å². The number of thiocarbonyl (C=S) groups is 1. The van der Waals surface area contributed by atoms with Gasteiger partial charge in [-0.05, 0) is 66.8 Å². The molecule has 38 heavy (non-hydrogen) atoms. The maximum absolute atomic E-state index is 11.8. The lowest BCUT2D eigenvalue weighted by Crippen LogP contribution is -2.29. The molecule has 2 aromatic heterocycles. The maximum atomic E-state index is 11.8. The van der Waals surface area contributed by atoms with Gasteiger partial charge in [0.1, 0.15) is 23.3 Å². The number of aromatic nitrogens is 1. The number of amides is 1. The standard InChI is InChI=1S/C27H23N5O5S/c1-16(33)29-21-15-19(10-11-23(21)36-2)31-26(25(30-27(31)38)20-5-3-4-14-28-20)24-13-12-22(37-24)17-6-8-18(9-7-17)32(34)35/h3-15,25-26H,1-2H3,(H,29,33)(H,30,38)/t25-,26+/m1/s1. The summed E-state index contributed by atoms with van der Waals surface area (Å²) in [6, 6.07) is 20.1. The maximum Gasteiger partial charge on any atom is 0.269 e. The molecular weight excluding hydrogens is 506 g/mol. The quantitative estimate of drug-likeness (QED) is 0.184. The highest BCUT2D eigenvalue weighted by atomic mass is 32.1. The average molecular weight is 530 g/mol. The largest absolute Gasteiger partial charge is 0.495 e. The number of benzene rings is 2. The molecule has 3 heterocycles. The third-order valence-corrected chi connectivity index (χ3v) is 6.47. The number of nitrogens with zero attached hydrogens (tertiary/aromatic N) is 3. The molecule has 4 aromatic rings. The summed E-state index contributed by atoms with van der Waals surface area (Å²) in [6.45, 7) is 1.43. The number of carbonyl (C=O) groups excluding carboxylic acids is 1. The average Bonchev–Trinajstić information content (AvgIpc) is 3.53. The zero-order valence-corrected chi connectivity index (χ0v) is 21.3. The number of nitro groups is 1. The Bertz CT molecular complexity index is 1510. The van der Waals surface area contributed by atoms with Crippen molar-refractivity contribution in [2.45, 2.75) is 19.0 Å². The van der Waals surface area contributed by atoms with Crippen LogP contribution >= 0.6 is 12.2 Å². The molecule has 1 aliphatic rings. The Morgan fingerprint density at radius 1 is 1.16 bits per heavy atom. The number of methoxy groups -OCH3 is 1. The Hall–Kier alpha value is -4.77. The molecule has 0 saturated carbocycles. The molecule has 192 valence electrons. The van der Waals surface area contributed by atoms with Crippen LogP contribution in [0.2, 0.25) is 0 Å². The highest BCUT2D eigenvalue weighted by Gasteiger charge is 2.42. The van der Waals surface area contributed by atoms with Crippen molar-refractivity contribution in [1.29, 1.82) is 0 Å². The van der Waals surface area contributed by atoms with Crippen molar-refractivity contribution in [3.05, 3.63) is 101 Å². The molecule has 10 nitrogen and oxygen atoms in total. The Morgan fingerprint density at radius 2 is 1.95 bits per heavy atom. The third kappa shape index (κ3) is 4.78. The van der Waals surface area contributed by atoms with Crippen LogP contribution in [0.3, 0.4) is 0 Å². The molecule has 1 amide bonds. The molecule has 0 spiro atoms. The van der Waals surface area contributed by atoms with E-state index in [-0.39, 0.29) is 17.6 Å². The molecule has 1 saturated heterocycles. The molecule has 11 heteroatoms. The lowest BCUT2D eigenvalue weighted by atomic mass is 10.0. The number of non-ortho nitro benzene ring substituents is 1. The second kappa shape index (κ2) is 10.3. The number of furan rings is 1. The summed E-state index contributed by atoms with van der Waals surface area (Å²) in [5.74, 6) is 1.45. The number of rotatable bonds is 7. The molecule has 2 N–H and O–H groups in total. The molecule has 5 rings (SSSR count). The van der Waals surface area contributed by atoms with Crippen molar-refractivity contribution in [3.63, 3.8) is 0 Å². The van der Waals surface area contributed by atoms with Crippen LogP contribution in [0.4, 0.5) is 17.1 Å². The highest BCUT2D eigenvalue weighted by molar-refractivity contribution is 7.80. The van der Waals surface area contributed by atoms with Crippen LogP contribution in [-0.4, -0.2) is 28.0 Å². The first-order valence-corrected chi connectivity index (χ1v) is 12.1. The van der Waals surface area contributed by atoms with Gasteiger partial charge in [-0.1, -0.05) is 6.07 Å². The van der Waals surface area contributed by atoms with Crippen LogP contribution in [0.1, 0.15) is 30.5 Å². The molecule has 2 aromatic carbocycles. The molecule has 0 unspecified atom stereocenters. The summed E-state index contributed by atoms with van der Waals surface area (Å²) < 4.78 is 11.7. The summed E-state index contributed by atoms with van der Waals surface area (Å²) in [6.07, 6.45) is 1.71. The van der Waals surface area contributed by atoms with E-state index in [0.717, 1.165) is 5.69 Å². The van der Waals surface area contributed by atoms with Gasteiger partial charge in [-0.2, -0.15) is 0 Å². The Balaban J connectivity index is 1.58. The molecule has 2 atom stereocenters. The topological polar surface area (TPSA) is 123 Å². The number of carbonyl (C=O) groups is 1. The van der Waals surface area contributed by atoms with Gasteiger partial charge < -0.3 is 24.7 Å². The fourth-order valence-corrected chi connectivity index (χ4v) is 4.82. The van der Waals surface area contributed by atoms with E-state index >= 15 is 0 Å². The Morgan fingerprint density at radius 3 is 2.61 bits per heavy atom. The molecule has 0 bridgehead atoms. The monoisotopic (exact) mass is 529 g/mol. The van der Waals surface area contributed by atoms with Crippen molar-refractivity contribution in [3.8, 4) is 17.1 Å². The number of hydrogen-bond acceptors (Lipinski definition) is 7. The van der Waals surface area contributed by atoms with E-state index in [1.54, 1.807) is 30.5 Å². The van der Waals surface area contributed by atoms with E-state index in [1.807, 2.05) is 41.3 Å². The van der Waals surface area contributed by atoms with Crippen molar-refractivity contribution in [2.24, 2.45) is 0 Å². The lowest BCUT2D eigenvalue weighted by Gasteiger charge is -2.27. The fourth-order valence-electron chi connectivity index (χ4n) is 4.47. The van der Waals surface area contributed by atoms with E-state index in [9.17, 15) is 14.9 Å². The van der Waals surface area contributed by atoms with Crippen molar-refractivity contribution in [2.75, 3.05) is 17.3 Å². The Labute approximate surface area is 223 Å². The number of hydrogen-bond donors (Lipinski definition) is 2. The summed E-state index contributed by atoms with van der Waals surface area (Å²) in [5, 5.41) is 17.7. The first-order chi connectivity index (χ1) is 18.4. The van der Waals surface area contributed by atoms with Gasteiger partial charge in [0.15, 0.2) is 5.11 Å². The minimum atomic E-state index is -0.443. The highest BCUT2D eigenvalue weighted by Crippen LogP contribution is 2.44. The van der Waals surface area contributed by atoms with Crippen molar-refractivity contribution in [1.82, 2.24) is 10.3 Å².